The highest BCUT2D eigenvalue weighted by atomic mass is 16.5. The van der Waals surface area contributed by atoms with Gasteiger partial charge in [-0.25, -0.2) is 0 Å². The SMILES string of the molecule is CCCCCCCCc1ccc(-c2ccc(OCCCCCCCCC3(O)C=CC(O)=CC3C(=O)O)cc2)cc1. The molecule has 0 spiro atoms. The minimum absolute atomic E-state index is 0.112. The number of carboxylic acid groups (broad SMARTS) is 1. The van der Waals surface area contributed by atoms with Crippen molar-refractivity contribution in [3.8, 4) is 16.9 Å². The van der Waals surface area contributed by atoms with Crippen LogP contribution in [-0.4, -0.2) is 33.5 Å². The monoisotopic (exact) mass is 548 g/mol. The van der Waals surface area contributed by atoms with Gasteiger partial charge in [-0.05, 0) is 72.7 Å². The van der Waals surface area contributed by atoms with Crippen LogP contribution >= 0.6 is 0 Å². The lowest BCUT2D eigenvalue weighted by Crippen LogP contribution is -2.41. The van der Waals surface area contributed by atoms with Gasteiger partial charge in [0, 0.05) is 0 Å². The zero-order valence-electron chi connectivity index (χ0n) is 24.2. The molecule has 5 nitrogen and oxygen atoms in total. The lowest BCUT2D eigenvalue weighted by atomic mass is 9.79. The minimum atomic E-state index is -1.43. The Morgan fingerprint density at radius 3 is 2.02 bits per heavy atom. The number of rotatable bonds is 19. The van der Waals surface area contributed by atoms with E-state index in [-0.39, 0.29) is 5.76 Å². The Morgan fingerprint density at radius 2 is 1.38 bits per heavy atom. The summed E-state index contributed by atoms with van der Waals surface area (Å²) in [5, 5.41) is 29.6. The number of unbranched alkanes of at least 4 members (excludes halogenated alkanes) is 10. The van der Waals surface area contributed by atoms with Crippen molar-refractivity contribution in [1.82, 2.24) is 0 Å². The van der Waals surface area contributed by atoms with Crippen LogP contribution in [0.3, 0.4) is 0 Å². The van der Waals surface area contributed by atoms with E-state index < -0.39 is 17.5 Å². The molecule has 2 aromatic rings. The molecule has 0 radical (unpaired) electrons. The maximum absolute atomic E-state index is 11.4. The second kappa shape index (κ2) is 16.9. The smallest absolute Gasteiger partial charge is 0.313 e. The lowest BCUT2D eigenvalue weighted by molar-refractivity contribution is -0.146. The van der Waals surface area contributed by atoms with E-state index >= 15 is 0 Å². The fraction of sp³-hybridized carbons (Fsp3) is 0.514. The topological polar surface area (TPSA) is 87.0 Å². The van der Waals surface area contributed by atoms with Gasteiger partial charge >= 0.3 is 5.97 Å². The number of carbonyl (C=O) groups is 1. The van der Waals surface area contributed by atoms with Gasteiger partial charge in [-0.15, -0.1) is 0 Å². The highest BCUT2D eigenvalue weighted by Crippen LogP contribution is 2.32. The molecule has 1 aliphatic rings. The third-order valence-electron chi connectivity index (χ3n) is 7.89. The van der Waals surface area contributed by atoms with Crippen LogP contribution in [0.5, 0.6) is 5.75 Å². The molecule has 0 aromatic heterocycles. The van der Waals surface area contributed by atoms with Crippen LogP contribution in [-0.2, 0) is 11.2 Å². The predicted molar refractivity (Wildman–Crippen MR) is 163 cm³/mol. The van der Waals surface area contributed by atoms with E-state index in [1.165, 1.54) is 73.4 Å². The summed E-state index contributed by atoms with van der Waals surface area (Å²) in [5.74, 6) is -1.45. The molecule has 0 saturated heterocycles. The summed E-state index contributed by atoms with van der Waals surface area (Å²) in [6.45, 7) is 2.95. The summed E-state index contributed by atoms with van der Waals surface area (Å²) in [7, 11) is 0. The van der Waals surface area contributed by atoms with Crippen LogP contribution in [0.15, 0.2) is 72.5 Å². The van der Waals surface area contributed by atoms with Gasteiger partial charge in [-0.3, -0.25) is 4.79 Å². The number of hydrogen-bond acceptors (Lipinski definition) is 4. The second-order valence-corrected chi connectivity index (χ2v) is 11.2. The van der Waals surface area contributed by atoms with Crippen LogP contribution in [0, 0.1) is 5.92 Å². The van der Waals surface area contributed by atoms with Crippen molar-refractivity contribution in [3.05, 3.63) is 78.1 Å². The average Bonchev–Trinajstić information content (AvgIpc) is 2.96. The molecule has 0 heterocycles. The number of aryl methyl sites for hydroxylation is 1. The van der Waals surface area contributed by atoms with Crippen molar-refractivity contribution in [2.75, 3.05) is 6.61 Å². The van der Waals surface area contributed by atoms with Gasteiger partial charge in [0.2, 0.25) is 0 Å². The maximum atomic E-state index is 11.4. The normalized spacial score (nSPS) is 18.4. The van der Waals surface area contributed by atoms with Gasteiger partial charge in [-0.1, -0.05) is 108 Å². The van der Waals surface area contributed by atoms with Gasteiger partial charge in [0.25, 0.3) is 0 Å². The molecular weight excluding hydrogens is 500 g/mol. The quantitative estimate of drug-likeness (QED) is 0.153. The largest absolute Gasteiger partial charge is 0.508 e. The van der Waals surface area contributed by atoms with E-state index in [0.29, 0.717) is 13.0 Å². The number of aliphatic hydroxyl groups excluding tert-OH is 1. The number of aliphatic hydroxyl groups is 2. The highest BCUT2D eigenvalue weighted by molar-refractivity contribution is 5.75. The van der Waals surface area contributed by atoms with Crippen molar-refractivity contribution in [2.24, 2.45) is 5.92 Å². The van der Waals surface area contributed by atoms with Crippen LogP contribution in [0.4, 0.5) is 0 Å². The van der Waals surface area contributed by atoms with Crippen molar-refractivity contribution in [3.63, 3.8) is 0 Å². The molecule has 2 aromatic carbocycles. The first kappa shape index (κ1) is 31.5. The van der Waals surface area contributed by atoms with Crippen molar-refractivity contribution < 1.29 is 24.9 Å². The zero-order valence-corrected chi connectivity index (χ0v) is 24.2. The predicted octanol–water partition coefficient (Wildman–Crippen LogP) is 8.81. The molecule has 0 saturated carbocycles. The van der Waals surface area contributed by atoms with E-state index in [9.17, 15) is 20.1 Å². The first-order valence-corrected chi connectivity index (χ1v) is 15.3. The van der Waals surface area contributed by atoms with Gasteiger partial charge in [-0.2, -0.15) is 0 Å². The standard InChI is InChI=1S/C35H48O5/c1-2-3-4-5-8-11-14-28-15-17-29(18-16-28)30-19-21-32(22-20-30)40-26-13-10-7-6-9-12-24-35(39)25-23-31(36)27-33(35)34(37)38/h15-23,25,27,33,36,39H,2-14,24,26H2,1H3,(H,37,38). The van der Waals surface area contributed by atoms with Crippen LogP contribution < -0.4 is 4.74 Å². The van der Waals surface area contributed by atoms with Crippen LogP contribution in [0.1, 0.15) is 96.0 Å². The summed E-state index contributed by atoms with van der Waals surface area (Å²) in [6.07, 6.45) is 19.4. The van der Waals surface area contributed by atoms with E-state index in [4.69, 9.17) is 4.74 Å². The minimum Gasteiger partial charge on any atom is -0.508 e. The van der Waals surface area contributed by atoms with Crippen LogP contribution in [0.2, 0.25) is 0 Å². The summed E-state index contributed by atoms with van der Waals surface area (Å²) in [6, 6.07) is 17.3. The molecule has 0 fully saturated rings. The third-order valence-corrected chi connectivity index (χ3v) is 7.89. The summed E-state index contributed by atoms with van der Waals surface area (Å²) in [5.41, 5.74) is 2.42. The Morgan fingerprint density at radius 1 is 0.800 bits per heavy atom. The summed E-state index contributed by atoms with van der Waals surface area (Å²) >= 11 is 0. The van der Waals surface area contributed by atoms with Gasteiger partial charge < -0.3 is 20.1 Å². The number of ether oxygens (including phenoxy) is 1. The fourth-order valence-corrected chi connectivity index (χ4v) is 5.35. The molecule has 0 amide bonds. The van der Waals surface area contributed by atoms with E-state index in [2.05, 4.69) is 43.3 Å². The molecule has 3 rings (SSSR count). The number of hydrogen-bond donors (Lipinski definition) is 3. The summed E-state index contributed by atoms with van der Waals surface area (Å²) in [4.78, 5) is 11.4. The van der Waals surface area contributed by atoms with E-state index in [1.807, 2.05) is 12.1 Å². The van der Waals surface area contributed by atoms with Gasteiger partial charge in [0.05, 0.1) is 6.61 Å². The number of benzene rings is 2. The molecule has 2 atom stereocenters. The molecule has 5 heteroatoms. The lowest BCUT2D eigenvalue weighted by Gasteiger charge is -2.31. The molecular formula is C35H48O5. The number of allylic oxidation sites excluding steroid dienone is 1. The Labute approximate surface area is 240 Å². The van der Waals surface area contributed by atoms with Crippen molar-refractivity contribution >= 4 is 5.97 Å². The van der Waals surface area contributed by atoms with Crippen molar-refractivity contribution in [1.29, 1.82) is 0 Å². The molecule has 1 aliphatic carbocycles. The zero-order chi connectivity index (χ0) is 28.6. The van der Waals surface area contributed by atoms with E-state index in [1.54, 1.807) is 0 Å². The first-order chi connectivity index (χ1) is 19.4. The highest BCUT2D eigenvalue weighted by Gasteiger charge is 2.39. The molecule has 40 heavy (non-hydrogen) atoms. The number of carboxylic acids is 1. The van der Waals surface area contributed by atoms with Crippen LogP contribution in [0.25, 0.3) is 11.1 Å². The van der Waals surface area contributed by atoms with E-state index in [0.717, 1.165) is 50.7 Å². The molecule has 0 bridgehead atoms. The maximum Gasteiger partial charge on any atom is 0.313 e. The third kappa shape index (κ3) is 10.5. The number of aliphatic carboxylic acids is 1. The Balaban J connectivity index is 1.26. The molecule has 2 unspecified atom stereocenters. The summed E-state index contributed by atoms with van der Waals surface area (Å²) < 4.78 is 5.94. The van der Waals surface area contributed by atoms with Gasteiger partial charge in [0.1, 0.15) is 23.0 Å². The first-order valence-electron chi connectivity index (χ1n) is 15.3. The molecule has 218 valence electrons. The Bertz CT molecular complexity index is 1070. The Kier molecular flexibility index (Phi) is 13.3. The van der Waals surface area contributed by atoms with Crippen molar-refractivity contribution in [2.45, 2.75) is 102 Å². The molecule has 0 aliphatic heterocycles. The fourth-order valence-electron chi connectivity index (χ4n) is 5.35. The Hall–Kier alpha value is -3.05. The molecule has 3 N–H and O–H groups in total. The van der Waals surface area contributed by atoms with Gasteiger partial charge in [0.15, 0.2) is 0 Å². The second-order valence-electron chi connectivity index (χ2n) is 11.2. The average molecular weight is 549 g/mol.